The van der Waals surface area contributed by atoms with Crippen molar-refractivity contribution in [3.8, 4) is 0 Å². The third-order valence-corrected chi connectivity index (χ3v) is 2.63. The lowest BCUT2D eigenvalue weighted by molar-refractivity contribution is -0.170. The van der Waals surface area contributed by atoms with Gasteiger partial charge in [0.05, 0.1) is 0 Å². The number of hydrogen-bond donors (Lipinski definition) is 0. The van der Waals surface area contributed by atoms with Crippen LogP contribution in [0.2, 0.25) is 0 Å². The van der Waals surface area contributed by atoms with Gasteiger partial charge in [0.25, 0.3) is 0 Å². The Bertz CT molecular complexity index is 249. The Morgan fingerprint density at radius 1 is 1.00 bits per heavy atom. The van der Waals surface area contributed by atoms with E-state index in [1.54, 1.807) is 0 Å². The van der Waals surface area contributed by atoms with Gasteiger partial charge in [-0.15, -0.1) is 0 Å². The van der Waals surface area contributed by atoms with E-state index in [0.29, 0.717) is 5.92 Å². The molecule has 1 rings (SSSR count). The lowest BCUT2D eigenvalue weighted by Crippen LogP contribution is -2.39. The van der Waals surface area contributed by atoms with E-state index in [1.165, 1.54) is 13.8 Å². The van der Waals surface area contributed by atoms with Gasteiger partial charge in [0.2, 0.25) is 0 Å². The minimum absolute atomic E-state index is 0.261. The van der Waals surface area contributed by atoms with Crippen LogP contribution in [-0.2, 0) is 19.1 Å². The van der Waals surface area contributed by atoms with Crippen molar-refractivity contribution < 1.29 is 19.1 Å². The SMILES string of the molecule is CC(=O)O[C@H]1CC[C@H](C)C[C@H]1OC(C)=O. The molecule has 0 amide bonds. The molecule has 1 aliphatic carbocycles. The lowest BCUT2D eigenvalue weighted by atomic mass is 9.86. The van der Waals surface area contributed by atoms with Crippen LogP contribution in [0.3, 0.4) is 0 Å². The molecule has 4 heteroatoms. The van der Waals surface area contributed by atoms with Crippen molar-refractivity contribution in [3.63, 3.8) is 0 Å². The molecular weight excluding hydrogens is 196 g/mol. The van der Waals surface area contributed by atoms with Gasteiger partial charge in [0.1, 0.15) is 12.2 Å². The van der Waals surface area contributed by atoms with Crippen LogP contribution in [0.25, 0.3) is 0 Å². The van der Waals surface area contributed by atoms with Gasteiger partial charge >= 0.3 is 11.9 Å². The van der Waals surface area contributed by atoms with Crippen molar-refractivity contribution in [2.75, 3.05) is 0 Å². The summed E-state index contributed by atoms with van der Waals surface area (Å²) in [7, 11) is 0. The minimum Gasteiger partial charge on any atom is -0.459 e. The molecule has 1 fully saturated rings. The molecule has 0 unspecified atom stereocenters. The van der Waals surface area contributed by atoms with Gasteiger partial charge < -0.3 is 9.47 Å². The molecule has 0 heterocycles. The van der Waals surface area contributed by atoms with Crippen LogP contribution in [0.1, 0.15) is 40.0 Å². The van der Waals surface area contributed by atoms with E-state index in [2.05, 4.69) is 6.92 Å². The Morgan fingerprint density at radius 3 is 2.07 bits per heavy atom. The Kier molecular flexibility index (Phi) is 4.12. The minimum atomic E-state index is -0.314. The van der Waals surface area contributed by atoms with E-state index in [4.69, 9.17) is 9.47 Å². The average molecular weight is 214 g/mol. The fourth-order valence-electron chi connectivity index (χ4n) is 1.99. The highest BCUT2D eigenvalue weighted by molar-refractivity contribution is 5.67. The molecule has 0 aromatic carbocycles. The molecule has 0 aromatic rings. The maximum Gasteiger partial charge on any atom is 0.303 e. The van der Waals surface area contributed by atoms with E-state index in [9.17, 15) is 9.59 Å². The van der Waals surface area contributed by atoms with Gasteiger partial charge in [-0.2, -0.15) is 0 Å². The van der Waals surface area contributed by atoms with Crippen molar-refractivity contribution >= 4 is 11.9 Å². The maximum atomic E-state index is 10.9. The van der Waals surface area contributed by atoms with Crippen molar-refractivity contribution in [2.24, 2.45) is 5.92 Å². The Hall–Kier alpha value is -1.06. The third-order valence-electron chi connectivity index (χ3n) is 2.63. The summed E-state index contributed by atoms with van der Waals surface area (Å²) in [5.41, 5.74) is 0. The topological polar surface area (TPSA) is 52.6 Å². The van der Waals surface area contributed by atoms with Gasteiger partial charge in [-0.25, -0.2) is 0 Å². The predicted octanol–water partition coefficient (Wildman–Crippen LogP) is 1.67. The van der Waals surface area contributed by atoms with Crippen molar-refractivity contribution in [2.45, 2.75) is 52.2 Å². The van der Waals surface area contributed by atoms with E-state index in [-0.39, 0.29) is 24.1 Å². The summed E-state index contributed by atoms with van der Waals surface area (Å²) in [4.78, 5) is 21.7. The molecule has 4 nitrogen and oxygen atoms in total. The van der Waals surface area contributed by atoms with Gasteiger partial charge in [-0.3, -0.25) is 9.59 Å². The summed E-state index contributed by atoms with van der Waals surface area (Å²) < 4.78 is 10.3. The van der Waals surface area contributed by atoms with Crippen LogP contribution in [0.15, 0.2) is 0 Å². The van der Waals surface area contributed by atoms with Crippen molar-refractivity contribution in [3.05, 3.63) is 0 Å². The number of hydrogen-bond acceptors (Lipinski definition) is 4. The second-order valence-corrected chi connectivity index (χ2v) is 4.21. The fraction of sp³-hybridized carbons (Fsp3) is 0.818. The Balaban J connectivity index is 2.57. The second kappa shape index (κ2) is 5.14. The van der Waals surface area contributed by atoms with Crippen molar-refractivity contribution in [1.82, 2.24) is 0 Å². The zero-order valence-corrected chi connectivity index (χ0v) is 9.49. The maximum absolute atomic E-state index is 10.9. The first kappa shape index (κ1) is 12.0. The highest BCUT2D eigenvalue weighted by Crippen LogP contribution is 2.28. The number of esters is 2. The normalized spacial score (nSPS) is 30.7. The molecule has 1 saturated carbocycles. The smallest absolute Gasteiger partial charge is 0.303 e. The molecule has 3 atom stereocenters. The van der Waals surface area contributed by atoms with Crippen LogP contribution in [0, 0.1) is 5.92 Å². The average Bonchev–Trinajstić information content (AvgIpc) is 2.08. The lowest BCUT2D eigenvalue weighted by Gasteiger charge is -2.33. The number of carbonyl (C=O) groups excluding carboxylic acids is 2. The molecule has 0 N–H and O–H groups in total. The largest absolute Gasteiger partial charge is 0.459 e. The number of carbonyl (C=O) groups is 2. The summed E-state index contributed by atoms with van der Waals surface area (Å²) in [6, 6.07) is 0. The van der Waals surface area contributed by atoms with Gasteiger partial charge in [0, 0.05) is 13.8 Å². The number of rotatable bonds is 2. The molecule has 0 spiro atoms. The molecular formula is C11H18O4. The van der Waals surface area contributed by atoms with Crippen LogP contribution < -0.4 is 0 Å². The van der Waals surface area contributed by atoms with Gasteiger partial charge in [0.15, 0.2) is 0 Å². The predicted molar refractivity (Wildman–Crippen MR) is 54.1 cm³/mol. The van der Waals surface area contributed by atoms with Crippen LogP contribution in [-0.4, -0.2) is 24.1 Å². The van der Waals surface area contributed by atoms with Gasteiger partial charge in [-0.05, 0) is 25.2 Å². The molecule has 15 heavy (non-hydrogen) atoms. The fourth-order valence-corrected chi connectivity index (χ4v) is 1.99. The number of ether oxygens (including phenoxy) is 2. The Morgan fingerprint density at radius 2 is 1.53 bits per heavy atom. The van der Waals surface area contributed by atoms with E-state index < -0.39 is 0 Å². The molecule has 0 aromatic heterocycles. The highest BCUT2D eigenvalue weighted by atomic mass is 16.6. The molecule has 0 bridgehead atoms. The molecule has 1 aliphatic rings. The summed E-state index contributed by atoms with van der Waals surface area (Å²) in [6.07, 6.45) is 2.03. The molecule has 86 valence electrons. The first-order valence-electron chi connectivity index (χ1n) is 5.33. The van der Waals surface area contributed by atoms with E-state index in [1.807, 2.05) is 0 Å². The first-order valence-corrected chi connectivity index (χ1v) is 5.33. The van der Waals surface area contributed by atoms with E-state index >= 15 is 0 Å². The highest BCUT2D eigenvalue weighted by Gasteiger charge is 2.33. The van der Waals surface area contributed by atoms with Crippen molar-refractivity contribution in [1.29, 1.82) is 0 Å². The summed E-state index contributed by atoms with van der Waals surface area (Å²) >= 11 is 0. The van der Waals surface area contributed by atoms with Crippen LogP contribution in [0.5, 0.6) is 0 Å². The summed E-state index contributed by atoms with van der Waals surface area (Å²) in [5.74, 6) is -0.112. The summed E-state index contributed by atoms with van der Waals surface area (Å²) in [6.45, 7) is 4.87. The first-order chi connectivity index (χ1) is 6.99. The molecule has 0 saturated heterocycles. The Labute approximate surface area is 89.9 Å². The van der Waals surface area contributed by atoms with Gasteiger partial charge in [-0.1, -0.05) is 6.92 Å². The standard InChI is InChI=1S/C11H18O4/c1-7-4-5-10(14-8(2)12)11(6-7)15-9(3)13/h7,10-11H,4-6H2,1-3H3/t7-,10-,11+/m0/s1. The zero-order valence-electron chi connectivity index (χ0n) is 9.49. The molecule has 0 aliphatic heterocycles. The second-order valence-electron chi connectivity index (χ2n) is 4.21. The monoisotopic (exact) mass is 214 g/mol. The van der Waals surface area contributed by atoms with Crippen LogP contribution >= 0.6 is 0 Å². The summed E-state index contributed by atoms with van der Waals surface area (Å²) in [5, 5.41) is 0. The van der Waals surface area contributed by atoms with Crippen LogP contribution in [0.4, 0.5) is 0 Å². The van der Waals surface area contributed by atoms with E-state index in [0.717, 1.165) is 19.3 Å². The third kappa shape index (κ3) is 3.90. The quantitative estimate of drug-likeness (QED) is 0.656. The molecule has 0 radical (unpaired) electrons. The zero-order chi connectivity index (χ0) is 11.4.